The number of hydrogen-bond donors (Lipinski definition) is 10. The number of amides is 2. The van der Waals surface area contributed by atoms with Crippen LogP contribution in [0.2, 0.25) is 0 Å². The van der Waals surface area contributed by atoms with Crippen LogP contribution in [0.1, 0.15) is 55.6 Å². The zero-order chi connectivity index (χ0) is 45.9. The van der Waals surface area contributed by atoms with Crippen LogP contribution in [0.3, 0.4) is 0 Å². The summed E-state index contributed by atoms with van der Waals surface area (Å²) in [6.07, 6.45) is -0.314. The first-order chi connectivity index (χ1) is 29.6. The average molecular weight is 938 g/mol. The second kappa shape index (κ2) is 19.3. The van der Waals surface area contributed by atoms with Crippen molar-refractivity contribution < 1.29 is 75.4 Å². The molecule has 0 saturated heterocycles. The number of aromatic nitrogens is 1. The van der Waals surface area contributed by atoms with Gasteiger partial charge >= 0.3 is 29.4 Å². The number of hydrogen-bond acceptors (Lipinski definition) is 15. The topological polar surface area (TPSA) is 368 Å². The lowest BCUT2D eigenvalue weighted by molar-refractivity contribution is -0.136. The van der Waals surface area contributed by atoms with E-state index in [9.17, 15) is 57.7 Å². The number of para-hydroxylation sites is 1. The van der Waals surface area contributed by atoms with Crippen molar-refractivity contribution in [3.05, 3.63) is 74.2 Å². The van der Waals surface area contributed by atoms with Crippen LogP contribution >= 0.6 is 23.5 Å². The number of aliphatic hydroxyl groups excluding tert-OH is 1. The van der Waals surface area contributed by atoms with Gasteiger partial charge in [0.25, 0.3) is 5.56 Å². The number of aliphatic carboxylic acids is 1. The average Bonchev–Trinajstić information content (AvgIpc) is 3.72. The molecule has 0 radical (unpaired) electrons. The number of carboxylic acids is 1. The fourth-order valence-corrected chi connectivity index (χ4v) is 10.6. The highest BCUT2D eigenvalue weighted by Crippen LogP contribution is 2.66. The molecular weight excluding hydrogens is 895 g/mol. The third kappa shape index (κ3) is 12.3. The van der Waals surface area contributed by atoms with Crippen LogP contribution in [0.15, 0.2) is 56.5 Å². The normalized spacial score (nSPS) is 20.4. The number of carbonyl (C=O) groups is 3. The van der Waals surface area contributed by atoms with Crippen LogP contribution in [0, 0.1) is 17.8 Å². The molecule has 6 unspecified atom stereocenters. The highest BCUT2D eigenvalue weighted by molar-refractivity contribution is 7.66. The number of aromatic amines is 1. The van der Waals surface area contributed by atoms with E-state index in [1.807, 2.05) is 0 Å². The number of unbranched alkanes of at least 4 members (excludes halogenated alkanes) is 1. The zero-order valence-electron chi connectivity index (χ0n) is 32.9. The van der Waals surface area contributed by atoms with Gasteiger partial charge in [-0.3, -0.25) is 28.5 Å². The number of benzene rings is 2. The van der Waals surface area contributed by atoms with Gasteiger partial charge in [0.2, 0.25) is 17.2 Å². The van der Waals surface area contributed by atoms with E-state index in [4.69, 9.17) is 24.5 Å². The molecule has 23 nitrogen and oxygen atoms in total. The SMILES string of the molecule is Nc1cc2c(c(=O)[nH]1)C(C#CCNC(=O)CCCCC(=O)Nc1ccc3oc4c(CC(=O)O)cccc4c(=O)c3c1)CN2C1CC(O)C(COP(=O)(O)OP(=O)(O)OP(=O)(O)O)C1. The fraction of sp³-hybridized carbons (Fsp3) is 0.378. The Balaban J connectivity index is 0.968. The minimum absolute atomic E-state index is 0.0529. The lowest BCUT2D eigenvalue weighted by Gasteiger charge is -2.27. The van der Waals surface area contributed by atoms with E-state index in [-0.39, 0.29) is 90.2 Å². The van der Waals surface area contributed by atoms with Crippen molar-refractivity contribution >= 4 is 80.4 Å². The minimum Gasteiger partial charge on any atom is -0.481 e. The first kappa shape index (κ1) is 47.3. The number of fused-ring (bicyclic) bond motifs is 3. The lowest BCUT2D eigenvalue weighted by atomic mass is 10.0. The number of pyridine rings is 1. The molecule has 6 rings (SSSR count). The Kier molecular flexibility index (Phi) is 14.5. The Labute approximate surface area is 356 Å². The summed E-state index contributed by atoms with van der Waals surface area (Å²) < 4.78 is 52.8. The van der Waals surface area contributed by atoms with Crippen molar-refractivity contribution in [2.75, 3.05) is 35.6 Å². The van der Waals surface area contributed by atoms with Crippen LogP contribution in [0.5, 0.6) is 0 Å². The third-order valence-corrected chi connectivity index (χ3v) is 14.0. The molecule has 2 aromatic carbocycles. The van der Waals surface area contributed by atoms with Gasteiger partial charge in [-0.05, 0) is 49.9 Å². The number of nitrogens with one attached hydrogen (secondary N) is 3. The van der Waals surface area contributed by atoms with Gasteiger partial charge in [0.1, 0.15) is 17.0 Å². The first-order valence-corrected chi connectivity index (χ1v) is 23.6. The summed E-state index contributed by atoms with van der Waals surface area (Å²) in [6, 6.07) is 10.3. The van der Waals surface area contributed by atoms with E-state index < -0.39 is 65.6 Å². The molecule has 4 aromatic rings. The lowest BCUT2D eigenvalue weighted by Crippen LogP contribution is -2.33. The highest BCUT2D eigenvalue weighted by Gasteiger charge is 2.44. The van der Waals surface area contributed by atoms with Gasteiger partial charge in [-0.1, -0.05) is 24.0 Å². The number of phosphoric ester groups is 1. The number of H-pyrrole nitrogens is 1. The summed E-state index contributed by atoms with van der Waals surface area (Å²) in [5.74, 6) is 2.67. The zero-order valence-corrected chi connectivity index (χ0v) is 35.6. The van der Waals surface area contributed by atoms with Crippen molar-refractivity contribution in [1.82, 2.24) is 10.3 Å². The van der Waals surface area contributed by atoms with Crippen LogP contribution in [-0.4, -0.2) is 84.4 Å². The highest BCUT2D eigenvalue weighted by atomic mass is 31.3. The third-order valence-electron chi connectivity index (χ3n) is 10.2. The van der Waals surface area contributed by atoms with E-state index in [0.29, 0.717) is 35.3 Å². The molecule has 26 heteroatoms. The molecule has 2 aromatic heterocycles. The van der Waals surface area contributed by atoms with Gasteiger partial charge in [0, 0.05) is 48.7 Å². The molecule has 3 heterocycles. The number of nitrogens with two attached hydrogens (primary N) is 1. The quantitative estimate of drug-likeness (QED) is 0.0315. The van der Waals surface area contributed by atoms with Crippen LogP contribution in [0.4, 0.5) is 17.2 Å². The number of rotatable bonds is 17. The maximum atomic E-state index is 13.2. The van der Waals surface area contributed by atoms with Crippen LogP contribution < -0.4 is 32.3 Å². The summed E-state index contributed by atoms with van der Waals surface area (Å²) in [5.41, 5.74) is 6.90. The predicted molar refractivity (Wildman–Crippen MR) is 223 cm³/mol. The van der Waals surface area contributed by atoms with E-state index in [0.717, 1.165) is 0 Å². The second-order valence-electron chi connectivity index (χ2n) is 14.8. The summed E-state index contributed by atoms with van der Waals surface area (Å²) >= 11 is 0. The standard InChI is InChI=1S/C37H42N5O18P3/c38-30-17-27-34(37(49)41-30)21(18-42(27)24-13-22(28(43)16-24)19-57-62(53,54)60-63(55,56)59-61(50,51)52)6-4-12-39-31(44)8-1-2-9-32(45)40-23-10-11-29-26(15-23)35(48)25-7-3-5-20(14-33(46)47)36(25)58-29/h3,5,7,10-11,15,17,21-22,24,28,43H,1-2,8-9,12-14,16,18-19H2,(H,39,44)(H,40,45)(H,46,47)(H,53,54)(H,55,56)(H3,38,41,49)(H2,50,51,52). The molecular formula is C37H42N5O18P3. The monoisotopic (exact) mass is 937 g/mol. The van der Waals surface area contributed by atoms with Crippen molar-refractivity contribution in [1.29, 1.82) is 0 Å². The molecule has 1 saturated carbocycles. The Morgan fingerprint density at radius 3 is 2.40 bits per heavy atom. The van der Waals surface area contributed by atoms with Crippen LogP contribution in [-0.2, 0) is 47.6 Å². The van der Waals surface area contributed by atoms with E-state index >= 15 is 0 Å². The second-order valence-corrected chi connectivity index (χ2v) is 19.2. The van der Waals surface area contributed by atoms with Gasteiger partial charge in [-0.2, -0.15) is 8.62 Å². The number of carboxylic acid groups (broad SMARTS) is 1. The number of phosphoric acid groups is 3. The maximum Gasteiger partial charge on any atom is 0.490 e. The van der Waals surface area contributed by atoms with Gasteiger partial charge in [0.05, 0.1) is 53.6 Å². The minimum atomic E-state index is -5.73. The van der Waals surface area contributed by atoms with Crippen molar-refractivity contribution in [2.24, 2.45) is 5.92 Å². The predicted octanol–water partition coefficient (Wildman–Crippen LogP) is 2.55. The van der Waals surface area contributed by atoms with Gasteiger partial charge < -0.3 is 60.5 Å². The number of nitrogen functional groups attached to an aromatic ring is 1. The van der Waals surface area contributed by atoms with Gasteiger partial charge in [-0.15, -0.1) is 0 Å². The molecule has 1 aliphatic carbocycles. The molecule has 1 aliphatic heterocycles. The van der Waals surface area contributed by atoms with E-state index in [2.05, 4.69) is 36.1 Å². The van der Waals surface area contributed by atoms with Crippen LogP contribution in [0.25, 0.3) is 21.9 Å². The van der Waals surface area contributed by atoms with Crippen molar-refractivity contribution in [2.45, 2.75) is 63.0 Å². The molecule has 1 fully saturated rings. The fourth-order valence-electron chi connectivity index (χ4n) is 7.52. The molecule has 0 bridgehead atoms. The number of aliphatic hydroxyl groups is 1. The maximum absolute atomic E-state index is 13.2. The molecule has 2 aliphatic rings. The Hall–Kier alpha value is -5.20. The first-order valence-electron chi connectivity index (χ1n) is 19.1. The summed E-state index contributed by atoms with van der Waals surface area (Å²) in [4.78, 5) is 104. The molecule has 0 spiro atoms. The van der Waals surface area contributed by atoms with Crippen molar-refractivity contribution in [3.8, 4) is 11.8 Å². The van der Waals surface area contributed by atoms with E-state index in [1.165, 1.54) is 24.3 Å². The summed E-state index contributed by atoms with van der Waals surface area (Å²) in [7, 11) is -16.7. The van der Waals surface area contributed by atoms with E-state index in [1.54, 1.807) is 23.1 Å². The van der Waals surface area contributed by atoms with Crippen molar-refractivity contribution in [3.63, 3.8) is 0 Å². The molecule has 2 amide bonds. The number of anilines is 3. The summed E-state index contributed by atoms with van der Waals surface area (Å²) in [5, 5.41) is 25.8. The molecule has 11 N–H and O–H groups in total. The Morgan fingerprint density at radius 2 is 1.68 bits per heavy atom. The molecule has 6 atom stereocenters. The number of nitrogens with zero attached hydrogens (tertiary/aromatic N) is 1. The Morgan fingerprint density at radius 1 is 0.952 bits per heavy atom. The summed E-state index contributed by atoms with van der Waals surface area (Å²) in [6.45, 7) is -0.569. The number of carbonyl (C=O) groups excluding carboxylic acids is 2. The largest absolute Gasteiger partial charge is 0.490 e. The van der Waals surface area contributed by atoms with Gasteiger partial charge in [0.15, 0.2) is 0 Å². The van der Waals surface area contributed by atoms with Gasteiger partial charge in [-0.25, -0.2) is 13.7 Å². The molecule has 63 heavy (non-hydrogen) atoms. The smallest absolute Gasteiger partial charge is 0.481 e. The molecule has 338 valence electrons. The Bertz CT molecular complexity index is 2780.